The molecule has 1 aromatic rings. The maximum absolute atomic E-state index is 11.9. The number of aromatic nitrogens is 2. The predicted octanol–water partition coefficient (Wildman–Crippen LogP) is 4.44. The fraction of sp³-hybridized carbons (Fsp3) is 0.550. The molecule has 0 atom stereocenters. The Labute approximate surface area is 150 Å². The van der Waals surface area contributed by atoms with Crippen LogP contribution in [0.2, 0.25) is 0 Å². The van der Waals surface area contributed by atoms with E-state index in [1.807, 2.05) is 39.8 Å². The molecule has 0 spiro atoms. The Hall–Kier alpha value is -2.17. The molecule has 136 valence electrons. The highest BCUT2D eigenvalue weighted by atomic mass is 16.5. The van der Waals surface area contributed by atoms with Gasteiger partial charge in [-0.25, -0.2) is 0 Å². The van der Waals surface area contributed by atoms with Crippen molar-refractivity contribution < 1.29 is 9.32 Å². The summed E-state index contributed by atoms with van der Waals surface area (Å²) >= 11 is 0. The Morgan fingerprint density at radius 3 is 2.64 bits per heavy atom. The van der Waals surface area contributed by atoms with Gasteiger partial charge in [0.2, 0.25) is 17.6 Å². The summed E-state index contributed by atoms with van der Waals surface area (Å²) < 4.78 is 5.30. The molecule has 0 aromatic carbocycles. The van der Waals surface area contributed by atoms with Gasteiger partial charge >= 0.3 is 0 Å². The Morgan fingerprint density at radius 2 is 2.08 bits per heavy atom. The smallest absolute Gasteiger partial charge is 0.246 e. The SMILES string of the molecule is C\C=C/C(=C\C(=C\CC)C1CC1)c1noc(CNC(=O)C(C)(C)C)n1. The van der Waals surface area contributed by atoms with Crippen LogP contribution in [-0.4, -0.2) is 16.0 Å². The van der Waals surface area contributed by atoms with Gasteiger partial charge in [-0.1, -0.05) is 51.1 Å². The van der Waals surface area contributed by atoms with Crippen LogP contribution in [0.5, 0.6) is 0 Å². The number of rotatable bonds is 7. The summed E-state index contributed by atoms with van der Waals surface area (Å²) in [7, 11) is 0. The summed E-state index contributed by atoms with van der Waals surface area (Å²) in [6.07, 6.45) is 11.9. The Bertz CT molecular complexity index is 686. The van der Waals surface area contributed by atoms with Gasteiger partial charge in [0.1, 0.15) is 0 Å². The molecule has 0 saturated heterocycles. The van der Waals surface area contributed by atoms with Crippen molar-refractivity contribution in [3.05, 3.63) is 41.6 Å². The zero-order chi connectivity index (χ0) is 18.4. The van der Waals surface area contributed by atoms with E-state index in [1.54, 1.807) is 0 Å². The standard InChI is InChI=1S/C20H29N3O2/c1-6-8-15(14-10-11-14)12-16(9-7-2)18-22-17(25-23-18)13-21-19(24)20(3,4)5/h7-9,12,14H,6,10-11,13H2,1-5H3,(H,21,24)/b9-7-,15-8-,16-12+. The van der Waals surface area contributed by atoms with Crippen LogP contribution in [0.4, 0.5) is 0 Å². The summed E-state index contributed by atoms with van der Waals surface area (Å²) in [5.41, 5.74) is 1.84. The second kappa shape index (κ2) is 8.28. The molecule has 0 unspecified atom stereocenters. The first-order chi connectivity index (χ1) is 11.8. The first kappa shape index (κ1) is 19.2. The molecule has 5 heteroatoms. The number of amides is 1. The largest absolute Gasteiger partial charge is 0.347 e. The monoisotopic (exact) mass is 343 g/mol. The van der Waals surface area contributed by atoms with Gasteiger partial charge in [-0.05, 0) is 43.8 Å². The van der Waals surface area contributed by atoms with Crippen LogP contribution < -0.4 is 5.32 Å². The highest BCUT2D eigenvalue weighted by Gasteiger charge is 2.25. The van der Waals surface area contributed by atoms with Crippen molar-refractivity contribution in [2.45, 2.75) is 60.4 Å². The van der Waals surface area contributed by atoms with Crippen molar-refractivity contribution >= 4 is 11.5 Å². The lowest BCUT2D eigenvalue weighted by molar-refractivity contribution is -0.128. The zero-order valence-electron chi connectivity index (χ0n) is 15.9. The molecule has 1 aromatic heterocycles. The number of hydrogen-bond acceptors (Lipinski definition) is 4. The van der Waals surface area contributed by atoms with Crippen LogP contribution in [0.25, 0.3) is 5.57 Å². The van der Waals surface area contributed by atoms with Gasteiger partial charge in [0.05, 0.1) is 6.54 Å². The summed E-state index contributed by atoms with van der Waals surface area (Å²) in [5.74, 6) is 1.59. The van der Waals surface area contributed by atoms with E-state index >= 15 is 0 Å². The lowest BCUT2D eigenvalue weighted by Gasteiger charge is -2.16. The minimum Gasteiger partial charge on any atom is -0.347 e. The Morgan fingerprint density at radius 1 is 1.36 bits per heavy atom. The molecule has 1 N–H and O–H groups in total. The number of carbonyl (C=O) groups excluding carboxylic acids is 1. The van der Waals surface area contributed by atoms with Crippen LogP contribution in [0, 0.1) is 11.3 Å². The number of nitrogens with zero attached hydrogens (tertiary/aromatic N) is 2. The minimum absolute atomic E-state index is 0.0432. The molecule has 1 amide bonds. The van der Waals surface area contributed by atoms with E-state index in [9.17, 15) is 4.79 Å². The fourth-order valence-electron chi connectivity index (χ4n) is 2.41. The van der Waals surface area contributed by atoms with Crippen molar-refractivity contribution in [2.24, 2.45) is 11.3 Å². The fourth-order valence-corrected chi connectivity index (χ4v) is 2.41. The molecule has 25 heavy (non-hydrogen) atoms. The summed E-state index contributed by atoms with van der Waals surface area (Å²) in [6, 6.07) is 0. The molecule has 2 rings (SSSR count). The number of hydrogen-bond donors (Lipinski definition) is 1. The van der Waals surface area contributed by atoms with Gasteiger partial charge in [0.15, 0.2) is 0 Å². The van der Waals surface area contributed by atoms with E-state index in [-0.39, 0.29) is 12.5 Å². The van der Waals surface area contributed by atoms with Gasteiger partial charge < -0.3 is 9.84 Å². The normalized spacial score (nSPS) is 16.5. The lowest BCUT2D eigenvalue weighted by atomic mass is 9.96. The third-order valence-electron chi connectivity index (χ3n) is 3.96. The van der Waals surface area contributed by atoms with E-state index in [0.717, 1.165) is 12.0 Å². The van der Waals surface area contributed by atoms with Crippen molar-refractivity contribution in [3.8, 4) is 0 Å². The van der Waals surface area contributed by atoms with E-state index in [2.05, 4.69) is 34.5 Å². The maximum atomic E-state index is 11.9. The zero-order valence-corrected chi connectivity index (χ0v) is 15.9. The lowest BCUT2D eigenvalue weighted by Crippen LogP contribution is -2.34. The Balaban J connectivity index is 2.13. The second-order valence-corrected chi connectivity index (χ2v) is 7.43. The molecule has 1 heterocycles. The van der Waals surface area contributed by atoms with E-state index in [0.29, 0.717) is 17.6 Å². The molecule has 0 radical (unpaired) electrons. The van der Waals surface area contributed by atoms with Crippen molar-refractivity contribution in [1.29, 1.82) is 0 Å². The average molecular weight is 343 g/mol. The van der Waals surface area contributed by atoms with Crippen molar-refractivity contribution in [2.75, 3.05) is 0 Å². The molecule has 1 aliphatic rings. The van der Waals surface area contributed by atoms with Gasteiger partial charge in [0, 0.05) is 11.0 Å². The minimum atomic E-state index is -0.441. The summed E-state index contributed by atoms with van der Waals surface area (Å²) in [6.45, 7) is 9.97. The molecular weight excluding hydrogens is 314 g/mol. The molecule has 5 nitrogen and oxygen atoms in total. The van der Waals surface area contributed by atoms with Crippen LogP contribution >= 0.6 is 0 Å². The van der Waals surface area contributed by atoms with E-state index in [1.165, 1.54) is 18.4 Å². The number of allylic oxidation sites excluding steroid dienone is 6. The van der Waals surface area contributed by atoms with Gasteiger partial charge in [-0.15, -0.1) is 0 Å². The summed E-state index contributed by atoms with van der Waals surface area (Å²) in [5, 5.41) is 6.91. The topological polar surface area (TPSA) is 68.0 Å². The Kier molecular flexibility index (Phi) is 6.34. The highest BCUT2D eigenvalue weighted by molar-refractivity contribution is 5.81. The third-order valence-corrected chi connectivity index (χ3v) is 3.96. The van der Waals surface area contributed by atoms with E-state index in [4.69, 9.17) is 4.52 Å². The van der Waals surface area contributed by atoms with Crippen molar-refractivity contribution in [1.82, 2.24) is 15.5 Å². The van der Waals surface area contributed by atoms with Gasteiger partial charge in [-0.3, -0.25) is 4.79 Å². The molecule has 0 aliphatic heterocycles. The second-order valence-electron chi connectivity index (χ2n) is 7.43. The van der Waals surface area contributed by atoms with Gasteiger partial charge in [0.25, 0.3) is 0 Å². The first-order valence-electron chi connectivity index (χ1n) is 9.00. The van der Waals surface area contributed by atoms with Crippen LogP contribution in [0.1, 0.15) is 65.6 Å². The molecule has 1 fully saturated rings. The molecule has 1 aliphatic carbocycles. The maximum Gasteiger partial charge on any atom is 0.246 e. The van der Waals surface area contributed by atoms with Crippen LogP contribution in [0.15, 0.2) is 34.4 Å². The average Bonchev–Trinajstić information content (AvgIpc) is 3.29. The highest BCUT2D eigenvalue weighted by Crippen LogP contribution is 2.38. The summed E-state index contributed by atoms with van der Waals surface area (Å²) in [4.78, 5) is 16.4. The molecular formula is C20H29N3O2. The predicted molar refractivity (Wildman–Crippen MR) is 99.5 cm³/mol. The van der Waals surface area contributed by atoms with Gasteiger partial charge in [-0.2, -0.15) is 4.98 Å². The molecule has 1 saturated carbocycles. The quantitative estimate of drug-likeness (QED) is 0.743. The van der Waals surface area contributed by atoms with E-state index < -0.39 is 5.41 Å². The molecule has 0 bridgehead atoms. The van der Waals surface area contributed by atoms with Crippen LogP contribution in [0.3, 0.4) is 0 Å². The van der Waals surface area contributed by atoms with Crippen molar-refractivity contribution in [3.63, 3.8) is 0 Å². The third kappa shape index (κ3) is 5.69. The number of carbonyl (C=O) groups is 1. The first-order valence-corrected chi connectivity index (χ1v) is 9.00. The van der Waals surface area contributed by atoms with Crippen LogP contribution in [-0.2, 0) is 11.3 Å². The number of nitrogens with one attached hydrogen (secondary N) is 1.